The third kappa shape index (κ3) is 6.77. The Morgan fingerprint density at radius 1 is 1.06 bits per heavy atom. The Hall–Kier alpha value is -3.09. The number of rotatable bonds is 4. The van der Waals surface area contributed by atoms with Gasteiger partial charge in [0.2, 0.25) is 5.91 Å². The maximum Gasteiger partial charge on any atom is 0.418 e. The molecule has 2 fully saturated rings. The van der Waals surface area contributed by atoms with Gasteiger partial charge in [-0.2, -0.15) is 13.2 Å². The highest BCUT2D eigenvalue weighted by molar-refractivity contribution is 5.78. The van der Waals surface area contributed by atoms with E-state index in [0.717, 1.165) is 12.1 Å². The number of nitro groups is 1. The highest BCUT2D eigenvalue weighted by Crippen LogP contribution is 2.40. The molecule has 2 aliphatic rings. The zero-order valence-corrected chi connectivity index (χ0v) is 20.5. The van der Waals surface area contributed by atoms with Gasteiger partial charge in [-0.05, 0) is 39.7 Å². The number of carbonyl (C=O) groups is 2. The van der Waals surface area contributed by atoms with Crippen molar-refractivity contribution in [2.75, 3.05) is 44.2 Å². The second-order valence-corrected chi connectivity index (χ2v) is 10.2. The van der Waals surface area contributed by atoms with Gasteiger partial charge in [0.05, 0.1) is 22.5 Å². The molecule has 0 aromatic heterocycles. The quantitative estimate of drug-likeness (QED) is 0.482. The summed E-state index contributed by atoms with van der Waals surface area (Å²) in [6.45, 7) is 6.58. The van der Waals surface area contributed by atoms with Crippen molar-refractivity contribution in [3.63, 3.8) is 0 Å². The van der Waals surface area contributed by atoms with Crippen molar-refractivity contribution in [2.24, 2.45) is 0 Å². The van der Waals surface area contributed by atoms with Crippen LogP contribution in [0, 0.1) is 10.1 Å². The number of hydrogen-bond donors (Lipinski definition) is 1. The lowest BCUT2D eigenvalue weighted by Crippen LogP contribution is -2.53. The first-order chi connectivity index (χ1) is 16.6. The van der Waals surface area contributed by atoms with Gasteiger partial charge in [-0.3, -0.25) is 14.9 Å². The molecule has 0 aliphatic carbocycles. The molecule has 1 aromatic rings. The van der Waals surface area contributed by atoms with Crippen LogP contribution >= 0.6 is 0 Å². The molecule has 3 rings (SSSR count). The maximum atomic E-state index is 13.6. The van der Waals surface area contributed by atoms with Crippen molar-refractivity contribution < 1.29 is 37.5 Å². The van der Waals surface area contributed by atoms with Gasteiger partial charge >= 0.3 is 12.3 Å². The molecule has 2 amide bonds. The van der Waals surface area contributed by atoms with Crippen LogP contribution in [0.25, 0.3) is 0 Å². The molecule has 0 bridgehead atoms. The first kappa shape index (κ1) is 27.5. The molecule has 200 valence electrons. The number of aliphatic hydroxyl groups is 1. The summed E-state index contributed by atoms with van der Waals surface area (Å²) in [4.78, 5) is 39.6. The minimum absolute atomic E-state index is 0.0527. The number of benzene rings is 1. The Balaban J connectivity index is 1.57. The van der Waals surface area contributed by atoms with Crippen LogP contribution in [0.3, 0.4) is 0 Å². The molecule has 0 radical (unpaired) electrons. The van der Waals surface area contributed by atoms with Gasteiger partial charge in [0.25, 0.3) is 5.69 Å². The topological polar surface area (TPSA) is 116 Å². The number of carbonyl (C=O) groups excluding carboxylic acids is 2. The van der Waals surface area contributed by atoms with E-state index in [1.165, 1.54) is 9.80 Å². The summed E-state index contributed by atoms with van der Waals surface area (Å²) in [6.07, 6.45) is -5.30. The van der Waals surface area contributed by atoms with Gasteiger partial charge in [0.1, 0.15) is 5.60 Å². The van der Waals surface area contributed by atoms with E-state index in [1.54, 1.807) is 25.7 Å². The maximum absolute atomic E-state index is 13.6. The number of nitro benzene ring substituents is 1. The van der Waals surface area contributed by atoms with Crippen molar-refractivity contribution in [1.29, 1.82) is 0 Å². The fourth-order valence-electron chi connectivity index (χ4n) is 4.34. The van der Waals surface area contributed by atoms with Crippen LogP contribution in [0.15, 0.2) is 18.2 Å². The van der Waals surface area contributed by atoms with Crippen LogP contribution in [0.1, 0.15) is 45.6 Å². The summed E-state index contributed by atoms with van der Waals surface area (Å²) in [5, 5.41) is 21.9. The molecule has 0 spiro atoms. The van der Waals surface area contributed by atoms with Crippen LogP contribution in [0.5, 0.6) is 0 Å². The Bertz CT molecular complexity index is 995. The zero-order chi connectivity index (χ0) is 26.9. The van der Waals surface area contributed by atoms with E-state index in [0.29, 0.717) is 19.2 Å². The first-order valence-electron chi connectivity index (χ1n) is 11.7. The lowest BCUT2D eigenvalue weighted by Gasteiger charge is -2.41. The Kier molecular flexibility index (Phi) is 7.72. The highest BCUT2D eigenvalue weighted by atomic mass is 19.4. The Morgan fingerprint density at radius 3 is 2.11 bits per heavy atom. The minimum atomic E-state index is -4.79. The molecule has 1 aromatic carbocycles. The second-order valence-electron chi connectivity index (χ2n) is 10.2. The predicted molar refractivity (Wildman–Crippen MR) is 123 cm³/mol. The number of nitrogens with zero attached hydrogens (tertiary/aromatic N) is 4. The number of hydrogen-bond acceptors (Lipinski definition) is 7. The molecule has 2 aliphatic heterocycles. The highest BCUT2D eigenvalue weighted by Gasteiger charge is 2.40. The largest absolute Gasteiger partial charge is 0.444 e. The minimum Gasteiger partial charge on any atom is -0.444 e. The lowest BCUT2D eigenvalue weighted by atomic mass is 9.87. The number of amides is 2. The number of halogens is 3. The van der Waals surface area contributed by atoms with E-state index in [4.69, 9.17) is 4.74 Å². The van der Waals surface area contributed by atoms with Crippen LogP contribution in [-0.4, -0.2) is 82.3 Å². The van der Waals surface area contributed by atoms with Crippen LogP contribution < -0.4 is 4.90 Å². The molecular weight excluding hydrogens is 485 g/mol. The van der Waals surface area contributed by atoms with Gasteiger partial charge < -0.3 is 24.5 Å². The summed E-state index contributed by atoms with van der Waals surface area (Å²) >= 11 is 0. The number of non-ortho nitro benzene ring substituents is 1. The Labute approximate surface area is 206 Å². The van der Waals surface area contributed by atoms with Gasteiger partial charge in [-0.25, -0.2) is 4.79 Å². The molecule has 0 unspecified atom stereocenters. The van der Waals surface area contributed by atoms with E-state index < -0.39 is 39.6 Å². The molecule has 0 atom stereocenters. The number of anilines is 1. The summed E-state index contributed by atoms with van der Waals surface area (Å²) in [6, 6.07) is 2.60. The molecule has 36 heavy (non-hydrogen) atoms. The summed E-state index contributed by atoms with van der Waals surface area (Å²) in [5.74, 6) is -0.291. The lowest BCUT2D eigenvalue weighted by molar-refractivity contribution is -0.385. The van der Waals surface area contributed by atoms with E-state index in [1.807, 2.05) is 0 Å². The van der Waals surface area contributed by atoms with E-state index in [9.17, 15) is 38.0 Å². The molecule has 2 saturated heterocycles. The van der Waals surface area contributed by atoms with Gasteiger partial charge in [0.15, 0.2) is 0 Å². The normalized spacial score (nSPS) is 18.7. The van der Waals surface area contributed by atoms with Crippen molar-refractivity contribution in [3.8, 4) is 0 Å². The summed E-state index contributed by atoms with van der Waals surface area (Å²) in [5.41, 5.74) is -3.97. The smallest absolute Gasteiger partial charge is 0.418 e. The van der Waals surface area contributed by atoms with E-state index >= 15 is 0 Å². The van der Waals surface area contributed by atoms with Crippen LogP contribution in [-0.2, 0) is 15.7 Å². The third-order valence-corrected chi connectivity index (χ3v) is 6.30. The molecule has 13 heteroatoms. The summed E-state index contributed by atoms with van der Waals surface area (Å²) < 4.78 is 46.0. The monoisotopic (exact) mass is 516 g/mol. The summed E-state index contributed by atoms with van der Waals surface area (Å²) in [7, 11) is 0. The van der Waals surface area contributed by atoms with Crippen LogP contribution in [0.2, 0.25) is 0 Å². The van der Waals surface area contributed by atoms with Crippen molar-refractivity contribution in [3.05, 3.63) is 33.9 Å². The SMILES string of the molecule is CC(C)(C)OC(=O)N1CCN(C(=O)CC2(O)CCN(c3ccc([N+](=O)[O-])cc3C(F)(F)F)CC2)CC1. The van der Waals surface area contributed by atoms with Crippen molar-refractivity contribution >= 4 is 23.4 Å². The standard InChI is InChI=1S/C23H31F3N4O6/c1-21(2,3)36-20(32)29-12-10-28(11-13-29)19(31)15-22(33)6-8-27(9-7-22)18-5-4-16(30(34)35)14-17(18)23(24,25)26/h4-5,14,33H,6-13,15H2,1-3H3. The molecule has 10 nitrogen and oxygen atoms in total. The predicted octanol–water partition coefficient (Wildman–Crippen LogP) is 3.41. The zero-order valence-electron chi connectivity index (χ0n) is 20.5. The average Bonchev–Trinajstić information content (AvgIpc) is 2.77. The number of piperazine rings is 1. The van der Waals surface area contributed by atoms with Gasteiger partial charge in [0, 0.05) is 57.1 Å². The molecule has 1 N–H and O–H groups in total. The number of ether oxygens (including phenoxy) is 1. The Morgan fingerprint density at radius 2 is 1.61 bits per heavy atom. The third-order valence-electron chi connectivity index (χ3n) is 6.30. The second kappa shape index (κ2) is 10.1. The van der Waals surface area contributed by atoms with Crippen molar-refractivity contribution in [1.82, 2.24) is 9.80 Å². The van der Waals surface area contributed by atoms with Crippen LogP contribution in [0.4, 0.5) is 29.3 Å². The average molecular weight is 517 g/mol. The fourth-order valence-corrected chi connectivity index (χ4v) is 4.34. The number of piperidine rings is 1. The van der Waals surface area contributed by atoms with E-state index in [2.05, 4.69) is 0 Å². The molecule has 2 heterocycles. The molecule has 0 saturated carbocycles. The number of alkyl halides is 3. The van der Waals surface area contributed by atoms with Crippen molar-refractivity contribution in [2.45, 2.75) is 57.4 Å². The van der Waals surface area contributed by atoms with Gasteiger partial charge in [-0.1, -0.05) is 0 Å². The first-order valence-corrected chi connectivity index (χ1v) is 11.7. The molecular formula is C23H31F3N4O6. The van der Waals surface area contributed by atoms with Gasteiger partial charge in [-0.15, -0.1) is 0 Å². The van der Waals surface area contributed by atoms with E-state index in [-0.39, 0.29) is 57.0 Å². The fraction of sp³-hybridized carbons (Fsp3) is 0.652.